The zero-order valence-corrected chi connectivity index (χ0v) is 31.0. The van der Waals surface area contributed by atoms with E-state index in [1.165, 1.54) is 74.5 Å². The van der Waals surface area contributed by atoms with Gasteiger partial charge in [0.2, 0.25) is 0 Å². The lowest BCUT2D eigenvalue weighted by molar-refractivity contribution is 0.168. The molecule has 0 amide bonds. The van der Waals surface area contributed by atoms with Crippen LogP contribution in [0.25, 0.3) is 44.2 Å². The van der Waals surface area contributed by atoms with Crippen molar-refractivity contribution in [3.8, 4) is 33.4 Å². The Kier molecular flexibility index (Phi) is 7.70. The summed E-state index contributed by atoms with van der Waals surface area (Å²) in [6, 6.07) is 57.6. The van der Waals surface area contributed by atoms with Crippen molar-refractivity contribution >= 4 is 39.4 Å². The Morgan fingerprint density at radius 2 is 1.23 bits per heavy atom. The molecule has 7 aromatic carbocycles. The molecular formula is C51H42ClN. The van der Waals surface area contributed by atoms with Gasteiger partial charge in [0.1, 0.15) is 0 Å². The maximum absolute atomic E-state index is 7.47. The lowest BCUT2D eigenvalue weighted by atomic mass is 9.55. The Morgan fingerprint density at radius 3 is 2.02 bits per heavy atom. The molecule has 1 nitrogen and oxygen atoms in total. The first kappa shape index (κ1) is 32.3. The molecule has 258 valence electrons. The van der Waals surface area contributed by atoms with E-state index < -0.39 is 0 Å². The quantitative estimate of drug-likeness (QED) is 0.161. The molecule has 0 radical (unpaired) electrons. The number of fused-ring (bicyclic) bond motifs is 9. The molecule has 1 spiro atoms. The van der Waals surface area contributed by atoms with Gasteiger partial charge >= 0.3 is 0 Å². The second kappa shape index (κ2) is 12.6. The van der Waals surface area contributed by atoms with E-state index in [1.807, 2.05) is 0 Å². The van der Waals surface area contributed by atoms with Gasteiger partial charge in [-0.1, -0.05) is 145 Å². The van der Waals surface area contributed by atoms with Crippen molar-refractivity contribution in [3.63, 3.8) is 0 Å². The zero-order valence-electron chi connectivity index (χ0n) is 30.3. The van der Waals surface area contributed by atoms with Crippen molar-refractivity contribution in [2.45, 2.75) is 38.5 Å². The first-order valence-corrected chi connectivity index (χ1v) is 19.5. The Balaban J connectivity index is 1.15. The smallest absolute Gasteiger partial charge is 0.0540 e. The molecule has 3 aliphatic rings. The summed E-state index contributed by atoms with van der Waals surface area (Å²) >= 11 is 7.47. The first-order chi connectivity index (χ1) is 26.0. The van der Waals surface area contributed by atoms with Gasteiger partial charge in [-0.3, -0.25) is 0 Å². The lowest BCUT2D eigenvalue weighted by Crippen LogP contribution is -2.42. The zero-order chi connectivity index (χ0) is 35.7. The lowest BCUT2D eigenvalue weighted by Gasteiger charge is -2.49. The monoisotopic (exact) mass is 703 g/mol. The second-order valence-electron chi connectivity index (χ2n) is 15.7. The Labute approximate surface area is 318 Å². The van der Waals surface area contributed by atoms with Crippen molar-refractivity contribution in [2.24, 2.45) is 17.8 Å². The van der Waals surface area contributed by atoms with Crippen molar-refractivity contribution < 1.29 is 0 Å². The topological polar surface area (TPSA) is 3.24 Å². The maximum Gasteiger partial charge on any atom is 0.0540 e. The number of hydrogen-bond acceptors (Lipinski definition) is 1. The molecule has 1 fully saturated rings. The minimum absolute atomic E-state index is 0.160. The van der Waals surface area contributed by atoms with Crippen LogP contribution in [-0.4, -0.2) is 0 Å². The van der Waals surface area contributed by atoms with Gasteiger partial charge in [0.15, 0.2) is 0 Å². The van der Waals surface area contributed by atoms with E-state index in [0.29, 0.717) is 17.8 Å². The Hall–Kier alpha value is -5.37. The summed E-state index contributed by atoms with van der Waals surface area (Å²) in [5.74, 6) is 1.95. The molecule has 7 aromatic rings. The molecular weight excluding hydrogens is 662 g/mol. The molecule has 0 aromatic heterocycles. The van der Waals surface area contributed by atoms with Crippen LogP contribution in [0.3, 0.4) is 0 Å². The third kappa shape index (κ3) is 5.12. The standard InChI is InChI=1S/C51H42ClN/c1-33-27-37-29-39(28-33)51(32-34(37)2)46-20-12-11-19-45(46)50-47(51)30-38(31-48(50)52)42-25-26-49(44-18-10-9-17-43(42)44)53(40-15-7-4-8-16-40)41-23-21-36(22-24-41)35-13-5-3-6-14-35/h3-26,30-33,37,39H,27-29H2,1-2H3. The van der Waals surface area contributed by atoms with E-state index in [-0.39, 0.29) is 5.41 Å². The van der Waals surface area contributed by atoms with Crippen LogP contribution in [0.5, 0.6) is 0 Å². The number of para-hydroxylation sites is 1. The van der Waals surface area contributed by atoms with E-state index >= 15 is 0 Å². The number of allylic oxidation sites excluding steroid dienone is 2. The van der Waals surface area contributed by atoms with Gasteiger partial charge in [-0.2, -0.15) is 0 Å². The van der Waals surface area contributed by atoms with Crippen LogP contribution >= 0.6 is 11.6 Å². The minimum Gasteiger partial charge on any atom is -0.310 e. The summed E-state index contributed by atoms with van der Waals surface area (Å²) in [4.78, 5) is 2.39. The fourth-order valence-electron chi connectivity index (χ4n) is 10.3. The molecule has 0 aliphatic heterocycles. The number of halogens is 1. The summed E-state index contributed by atoms with van der Waals surface area (Å²) in [7, 11) is 0. The van der Waals surface area contributed by atoms with Crippen molar-refractivity contribution in [1.29, 1.82) is 0 Å². The molecule has 0 saturated heterocycles. The van der Waals surface area contributed by atoms with Crippen molar-refractivity contribution in [1.82, 2.24) is 0 Å². The highest BCUT2D eigenvalue weighted by Crippen LogP contribution is 2.63. The van der Waals surface area contributed by atoms with Crippen LogP contribution in [0.4, 0.5) is 17.1 Å². The molecule has 4 atom stereocenters. The number of benzene rings is 7. The van der Waals surface area contributed by atoms with Gasteiger partial charge in [0.25, 0.3) is 0 Å². The van der Waals surface area contributed by atoms with Gasteiger partial charge in [0.05, 0.1) is 5.69 Å². The van der Waals surface area contributed by atoms with Crippen LogP contribution in [-0.2, 0) is 5.41 Å². The largest absolute Gasteiger partial charge is 0.310 e. The molecule has 0 N–H and O–H groups in total. The minimum atomic E-state index is -0.160. The third-order valence-electron chi connectivity index (χ3n) is 12.6. The predicted octanol–water partition coefficient (Wildman–Crippen LogP) is 14.6. The summed E-state index contributed by atoms with van der Waals surface area (Å²) in [6.07, 6.45) is 6.46. The van der Waals surface area contributed by atoms with Gasteiger partial charge < -0.3 is 4.90 Å². The molecule has 4 unspecified atom stereocenters. The molecule has 2 bridgehead atoms. The highest BCUT2D eigenvalue weighted by Gasteiger charge is 2.52. The van der Waals surface area contributed by atoms with E-state index in [0.717, 1.165) is 22.1 Å². The molecule has 1 saturated carbocycles. The number of anilines is 3. The van der Waals surface area contributed by atoms with E-state index in [1.54, 1.807) is 5.57 Å². The van der Waals surface area contributed by atoms with Crippen molar-refractivity contribution in [2.75, 3.05) is 4.90 Å². The second-order valence-corrected chi connectivity index (χ2v) is 16.1. The summed E-state index contributed by atoms with van der Waals surface area (Å²) in [5.41, 5.74) is 14.9. The highest BCUT2D eigenvalue weighted by atomic mass is 35.5. The molecule has 3 aliphatic carbocycles. The molecule has 2 heteroatoms. The van der Waals surface area contributed by atoms with Crippen molar-refractivity contribution in [3.05, 3.63) is 186 Å². The fourth-order valence-corrected chi connectivity index (χ4v) is 10.6. The number of nitrogens with zero attached hydrogens (tertiary/aromatic N) is 1. The van der Waals surface area contributed by atoms with Crippen LogP contribution in [0.15, 0.2) is 169 Å². The third-order valence-corrected chi connectivity index (χ3v) is 12.9. The van der Waals surface area contributed by atoms with E-state index in [9.17, 15) is 0 Å². The predicted molar refractivity (Wildman–Crippen MR) is 224 cm³/mol. The number of rotatable bonds is 5. The average molecular weight is 704 g/mol. The summed E-state index contributed by atoms with van der Waals surface area (Å²) in [5, 5.41) is 3.26. The number of hydrogen-bond donors (Lipinski definition) is 0. The SMILES string of the molecule is CC1=CC2(c3ccccc3-c3c(Cl)cc(-c4ccc(N(c5ccccc5)c5ccc(-c6ccccc6)cc5)c5ccccc45)cc32)C2CC(C)CC1C2. The Bertz CT molecular complexity index is 2530. The summed E-state index contributed by atoms with van der Waals surface area (Å²) < 4.78 is 0. The molecule has 0 heterocycles. The molecule has 53 heavy (non-hydrogen) atoms. The average Bonchev–Trinajstić information content (AvgIpc) is 3.48. The first-order valence-electron chi connectivity index (χ1n) is 19.2. The van der Waals surface area contributed by atoms with E-state index in [4.69, 9.17) is 11.6 Å². The van der Waals surface area contributed by atoms with Gasteiger partial charge in [-0.05, 0) is 131 Å². The van der Waals surface area contributed by atoms with E-state index in [2.05, 4.69) is 183 Å². The van der Waals surface area contributed by atoms with Crippen LogP contribution < -0.4 is 4.90 Å². The van der Waals surface area contributed by atoms with Crippen LogP contribution in [0.2, 0.25) is 5.02 Å². The fraction of sp³-hybridized carbons (Fsp3) is 0.176. The Morgan fingerprint density at radius 1 is 0.566 bits per heavy atom. The van der Waals surface area contributed by atoms with Crippen LogP contribution in [0.1, 0.15) is 44.2 Å². The maximum atomic E-state index is 7.47. The highest BCUT2D eigenvalue weighted by molar-refractivity contribution is 6.34. The van der Waals surface area contributed by atoms with Crippen LogP contribution in [0, 0.1) is 17.8 Å². The molecule has 10 rings (SSSR count). The van der Waals surface area contributed by atoms with Gasteiger partial charge in [0, 0.05) is 32.8 Å². The summed E-state index contributed by atoms with van der Waals surface area (Å²) in [6.45, 7) is 4.84. The van der Waals surface area contributed by atoms with Gasteiger partial charge in [-0.25, -0.2) is 0 Å². The van der Waals surface area contributed by atoms with Gasteiger partial charge in [-0.15, -0.1) is 0 Å². The normalized spacial score (nSPS) is 21.3.